The van der Waals surface area contributed by atoms with Crippen LogP contribution in [0.2, 0.25) is 0 Å². The summed E-state index contributed by atoms with van der Waals surface area (Å²) in [5.41, 5.74) is 0.431. The normalized spacial score (nSPS) is 11.9. The van der Waals surface area contributed by atoms with Crippen LogP contribution in [0.15, 0.2) is 53.7 Å². The van der Waals surface area contributed by atoms with Crippen molar-refractivity contribution in [2.45, 2.75) is 31.3 Å². The van der Waals surface area contributed by atoms with Gasteiger partial charge in [0.1, 0.15) is 12.4 Å². The number of rotatable bonds is 12. The molecule has 8 nitrogen and oxygen atoms in total. The fraction of sp³-hybridized carbons (Fsp3) is 0.318. The van der Waals surface area contributed by atoms with E-state index in [1.54, 1.807) is 23.8 Å². The monoisotopic (exact) mass is 496 g/mol. The summed E-state index contributed by atoms with van der Waals surface area (Å²) in [5.74, 6) is -0.265. The van der Waals surface area contributed by atoms with E-state index < -0.39 is 12.4 Å². The number of thioether (sulfide) groups is 1. The Morgan fingerprint density at radius 3 is 2.56 bits per heavy atom. The van der Waals surface area contributed by atoms with Crippen molar-refractivity contribution in [2.75, 3.05) is 24.8 Å². The van der Waals surface area contributed by atoms with Crippen LogP contribution < -0.4 is 14.8 Å². The van der Waals surface area contributed by atoms with Crippen LogP contribution >= 0.6 is 11.8 Å². The standard InChI is InChI=1S/C22H23F3N4O4S/c1-14(11-31-2)29-19(12-32-18-6-4-3-5-17(18)23)27-28-22(29)34-13-20(30)26-15-7-9-16(10-8-15)33-21(24)25/h3-10,14,21H,11-13H2,1-2H3,(H,26,30)/t14-/m1/s1. The number of carbonyl (C=O) groups excluding carboxylic acids is 1. The molecule has 1 heterocycles. The van der Waals surface area contributed by atoms with Gasteiger partial charge in [-0.15, -0.1) is 10.2 Å². The number of para-hydroxylation sites is 1. The van der Waals surface area contributed by atoms with E-state index >= 15 is 0 Å². The number of aromatic nitrogens is 3. The second kappa shape index (κ2) is 12.3. The number of halogens is 3. The number of methoxy groups -OCH3 is 1. The van der Waals surface area contributed by atoms with Crippen molar-refractivity contribution in [3.63, 3.8) is 0 Å². The molecule has 0 aliphatic rings. The van der Waals surface area contributed by atoms with Gasteiger partial charge in [0.2, 0.25) is 5.91 Å². The molecule has 0 fully saturated rings. The molecule has 12 heteroatoms. The molecule has 1 amide bonds. The smallest absolute Gasteiger partial charge is 0.387 e. The van der Waals surface area contributed by atoms with Crippen LogP contribution in [0.4, 0.5) is 18.9 Å². The van der Waals surface area contributed by atoms with Crippen molar-refractivity contribution in [3.8, 4) is 11.5 Å². The van der Waals surface area contributed by atoms with Gasteiger partial charge in [-0.1, -0.05) is 23.9 Å². The number of carbonyl (C=O) groups is 1. The fourth-order valence-electron chi connectivity index (χ4n) is 3.01. The summed E-state index contributed by atoms with van der Waals surface area (Å²) in [7, 11) is 1.56. The van der Waals surface area contributed by atoms with Crippen molar-refractivity contribution in [3.05, 3.63) is 60.2 Å². The van der Waals surface area contributed by atoms with Crippen LogP contribution in [0.3, 0.4) is 0 Å². The fourth-order valence-corrected chi connectivity index (χ4v) is 3.87. The van der Waals surface area contributed by atoms with Gasteiger partial charge in [-0.25, -0.2) is 4.39 Å². The number of hydrogen-bond donors (Lipinski definition) is 1. The first-order chi connectivity index (χ1) is 16.4. The highest BCUT2D eigenvalue weighted by molar-refractivity contribution is 7.99. The molecule has 0 aliphatic heterocycles. The number of benzene rings is 2. The van der Waals surface area contributed by atoms with Gasteiger partial charge in [0.25, 0.3) is 0 Å². The van der Waals surface area contributed by atoms with Gasteiger partial charge in [-0.05, 0) is 43.3 Å². The zero-order valence-corrected chi connectivity index (χ0v) is 19.2. The Labute approximate surface area is 198 Å². The highest BCUT2D eigenvalue weighted by atomic mass is 32.2. The average molecular weight is 497 g/mol. The molecule has 0 aliphatic carbocycles. The molecule has 1 N–H and O–H groups in total. The summed E-state index contributed by atoms with van der Waals surface area (Å²) in [5, 5.41) is 11.4. The van der Waals surface area contributed by atoms with E-state index in [2.05, 4.69) is 20.3 Å². The van der Waals surface area contributed by atoms with Crippen LogP contribution in [-0.2, 0) is 16.1 Å². The van der Waals surface area contributed by atoms with E-state index in [1.165, 1.54) is 36.4 Å². The van der Waals surface area contributed by atoms with E-state index in [9.17, 15) is 18.0 Å². The quantitative estimate of drug-likeness (QED) is 0.369. The number of amides is 1. The first-order valence-corrected chi connectivity index (χ1v) is 11.1. The molecule has 1 aromatic heterocycles. The Bertz CT molecular complexity index is 1080. The number of hydrogen-bond acceptors (Lipinski definition) is 7. The largest absolute Gasteiger partial charge is 0.483 e. The number of nitrogens with zero attached hydrogens (tertiary/aromatic N) is 3. The molecule has 0 unspecified atom stereocenters. The Hall–Kier alpha value is -3.25. The summed E-state index contributed by atoms with van der Waals surface area (Å²) >= 11 is 1.15. The van der Waals surface area contributed by atoms with Crippen LogP contribution in [0, 0.1) is 5.82 Å². The minimum Gasteiger partial charge on any atom is -0.483 e. The lowest BCUT2D eigenvalue weighted by atomic mass is 10.3. The molecular formula is C22H23F3N4O4S. The third kappa shape index (κ3) is 7.12. The van der Waals surface area contributed by atoms with Gasteiger partial charge in [0, 0.05) is 12.8 Å². The number of ether oxygens (including phenoxy) is 3. The van der Waals surface area contributed by atoms with Crippen LogP contribution in [0.5, 0.6) is 11.5 Å². The van der Waals surface area contributed by atoms with Crippen LogP contribution in [0.1, 0.15) is 18.8 Å². The Morgan fingerprint density at radius 2 is 1.88 bits per heavy atom. The molecule has 2 aromatic carbocycles. The van der Waals surface area contributed by atoms with Crippen molar-refractivity contribution in [2.24, 2.45) is 0 Å². The number of nitrogens with one attached hydrogen (secondary N) is 1. The maximum atomic E-state index is 13.9. The minimum absolute atomic E-state index is 0.00672. The summed E-state index contributed by atoms with van der Waals surface area (Å²) in [6.45, 7) is -0.692. The van der Waals surface area contributed by atoms with E-state index in [1.807, 2.05) is 6.92 Å². The van der Waals surface area contributed by atoms with Crippen molar-refractivity contribution in [1.82, 2.24) is 14.8 Å². The summed E-state index contributed by atoms with van der Waals surface area (Å²) < 4.78 is 55.2. The average Bonchev–Trinajstić information content (AvgIpc) is 3.21. The lowest BCUT2D eigenvalue weighted by Gasteiger charge is -2.17. The molecule has 1 atom stereocenters. The van der Waals surface area contributed by atoms with Crippen LogP contribution in [-0.4, -0.2) is 46.8 Å². The van der Waals surface area contributed by atoms with Crippen LogP contribution in [0.25, 0.3) is 0 Å². The van der Waals surface area contributed by atoms with E-state index in [-0.39, 0.29) is 35.8 Å². The number of anilines is 1. The van der Waals surface area contributed by atoms with E-state index in [4.69, 9.17) is 9.47 Å². The van der Waals surface area contributed by atoms with Gasteiger partial charge >= 0.3 is 6.61 Å². The van der Waals surface area contributed by atoms with E-state index in [0.29, 0.717) is 23.3 Å². The highest BCUT2D eigenvalue weighted by Gasteiger charge is 2.20. The Balaban J connectivity index is 1.63. The maximum Gasteiger partial charge on any atom is 0.387 e. The molecule has 0 radical (unpaired) electrons. The van der Waals surface area contributed by atoms with Crippen molar-refractivity contribution < 1.29 is 32.2 Å². The second-order valence-corrected chi connectivity index (χ2v) is 7.97. The highest BCUT2D eigenvalue weighted by Crippen LogP contribution is 2.24. The maximum absolute atomic E-state index is 13.9. The van der Waals surface area contributed by atoms with Gasteiger partial charge in [0.05, 0.1) is 18.4 Å². The zero-order valence-electron chi connectivity index (χ0n) is 18.4. The predicted molar refractivity (Wildman–Crippen MR) is 120 cm³/mol. The predicted octanol–water partition coefficient (Wildman–Crippen LogP) is 4.54. The molecule has 3 rings (SSSR count). The molecule has 182 valence electrons. The number of alkyl halides is 2. The molecular weight excluding hydrogens is 473 g/mol. The molecule has 0 saturated carbocycles. The summed E-state index contributed by atoms with van der Waals surface area (Å²) in [4.78, 5) is 12.4. The molecule has 0 bridgehead atoms. The molecule has 0 spiro atoms. The first kappa shape index (κ1) is 25.4. The minimum atomic E-state index is -2.92. The lowest BCUT2D eigenvalue weighted by molar-refractivity contribution is -0.113. The van der Waals surface area contributed by atoms with Gasteiger partial charge in [0.15, 0.2) is 22.5 Å². The topological polar surface area (TPSA) is 87.5 Å². The van der Waals surface area contributed by atoms with Gasteiger partial charge < -0.3 is 19.5 Å². The SMILES string of the molecule is COC[C@@H](C)n1c(COc2ccccc2F)nnc1SCC(=O)Nc1ccc(OC(F)F)cc1. The lowest BCUT2D eigenvalue weighted by Crippen LogP contribution is -2.18. The van der Waals surface area contributed by atoms with Gasteiger partial charge in [-0.2, -0.15) is 8.78 Å². The summed E-state index contributed by atoms with van der Waals surface area (Å²) in [6, 6.07) is 11.5. The Morgan fingerprint density at radius 1 is 1.15 bits per heavy atom. The third-order valence-corrected chi connectivity index (χ3v) is 5.42. The first-order valence-electron chi connectivity index (χ1n) is 10.1. The molecule has 3 aromatic rings. The van der Waals surface area contributed by atoms with Gasteiger partial charge in [-0.3, -0.25) is 9.36 Å². The second-order valence-electron chi connectivity index (χ2n) is 7.03. The third-order valence-electron chi connectivity index (χ3n) is 4.47. The Kier molecular flexibility index (Phi) is 9.16. The molecule has 34 heavy (non-hydrogen) atoms. The van der Waals surface area contributed by atoms with Crippen molar-refractivity contribution in [1.29, 1.82) is 0 Å². The zero-order chi connectivity index (χ0) is 24.5. The summed E-state index contributed by atoms with van der Waals surface area (Å²) in [6.07, 6.45) is 0. The molecule has 0 saturated heterocycles. The van der Waals surface area contributed by atoms with E-state index in [0.717, 1.165) is 11.8 Å². The van der Waals surface area contributed by atoms with Crippen molar-refractivity contribution >= 4 is 23.4 Å².